The molecule has 1 N–H and O–H groups in total. The second-order valence-corrected chi connectivity index (χ2v) is 6.36. The lowest BCUT2D eigenvalue weighted by Gasteiger charge is -2.35. The van der Waals surface area contributed by atoms with Crippen molar-refractivity contribution in [2.24, 2.45) is 0 Å². The van der Waals surface area contributed by atoms with Crippen molar-refractivity contribution in [1.29, 1.82) is 0 Å². The third-order valence-corrected chi connectivity index (χ3v) is 4.89. The summed E-state index contributed by atoms with van der Waals surface area (Å²) in [4.78, 5) is 15.0. The minimum atomic E-state index is -0.0654. The number of amides is 1. The van der Waals surface area contributed by atoms with Crippen LogP contribution in [0.4, 0.5) is 0 Å². The minimum Gasteiger partial charge on any atom is -0.373 e. The first kappa shape index (κ1) is 15.5. The van der Waals surface area contributed by atoms with Gasteiger partial charge < -0.3 is 10.1 Å². The van der Waals surface area contributed by atoms with Gasteiger partial charge >= 0.3 is 0 Å². The maximum Gasteiger partial charge on any atom is 0.227 e. The number of carbonyl (C=O) groups is 1. The number of ether oxygens (including phenoxy) is 1. The number of benzene rings is 1. The molecule has 3 unspecified atom stereocenters. The van der Waals surface area contributed by atoms with E-state index >= 15 is 0 Å². The van der Waals surface area contributed by atoms with Gasteiger partial charge in [0.1, 0.15) is 0 Å². The highest BCUT2D eigenvalue weighted by Gasteiger charge is 2.32. The van der Waals surface area contributed by atoms with Crippen LogP contribution in [0.1, 0.15) is 37.7 Å². The second-order valence-electron chi connectivity index (χ2n) is 6.36. The average molecular weight is 302 g/mol. The summed E-state index contributed by atoms with van der Waals surface area (Å²) in [5.41, 5.74) is 1.09. The molecule has 2 saturated heterocycles. The van der Waals surface area contributed by atoms with Crippen LogP contribution < -0.4 is 5.32 Å². The molecule has 3 atom stereocenters. The number of carbonyl (C=O) groups excluding carboxylic acids is 1. The summed E-state index contributed by atoms with van der Waals surface area (Å²) in [5, 5.41) is 3.09. The molecule has 0 spiro atoms. The van der Waals surface area contributed by atoms with Gasteiger partial charge in [-0.05, 0) is 31.4 Å². The van der Waals surface area contributed by atoms with Crippen LogP contribution in [-0.4, -0.2) is 49.2 Å². The van der Waals surface area contributed by atoms with E-state index in [1.165, 1.54) is 19.4 Å². The van der Waals surface area contributed by atoms with E-state index in [2.05, 4.69) is 17.1 Å². The van der Waals surface area contributed by atoms with Gasteiger partial charge in [0.2, 0.25) is 5.91 Å². The molecule has 2 heterocycles. The Bertz CT molecular complexity index is 491. The molecular formula is C18H26N2O2. The van der Waals surface area contributed by atoms with E-state index in [4.69, 9.17) is 4.74 Å². The number of hydrogen-bond donors (Lipinski definition) is 1. The fourth-order valence-electron chi connectivity index (χ4n) is 3.60. The van der Waals surface area contributed by atoms with E-state index in [0.717, 1.165) is 25.1 Å². The predicted molar refractivity (Wildman–Crippen MR) is 86.8 cm³/mol. The van der Waals surface area contributed by atoms with Crippen molar-refractivity contribution in [3.05, 3.63) is 35.9 Å². The van der Waals surface area contributed by atoms with Gasteiger partial charge in [-0.2, -0.15) is 0 Å². The van der Waals surface area contributed by atoms with Gasteiger partial charge in [0.05, 0.1) is 18.6 Å². The molecule has 3 rings (SSSR count). The first-order valence-electron chi connectivity index (χ1n) is 8.46. The van der Waals surface area contributed by atoms with E-state index in [1.807, 2.05) is 30.3 Å². The Morgan fingerprint density at radius 1 is 1.41 bits per heavy atom. The third kappa shape index (κ3) is 3.50. The third-order valence-electron chi connectivity index (χ3n) is 4.89. The van der Waals surface area contributed by atoms with Crippen LogP contribution in [0.2, 0.25) is 0 Å². The van der Waals surface area contributed by atoms with Crippen LogP contribution >= 0.6 is 0 Å². The summed E-state index contributed by atoms with van der Waals surface area (Å²) in [6, 6.07) is 10.6. The number of morpholine rings is 1. The highest BCUT2D eigenvalue weighted by Crippen LogP contribution is 2.23. The van der Waals surface area contributed by atoms with Gasteiger partial charge in [-0.3, -0.25) is 9.69 Å². The van der Waals surface area contributed by atoms with Crippen molar-refractivity contribution in [3.63, 3.8) is 0 Å². The van der Waals surface area contributed by atoms with Crippen LogP contribution in [0.15, 0.2) is 30.3 Å². The SMILES string of the molecule is CCC(C(=O)NCC1CN2CCCC2CO1)c1ccccc1. The first-order chi connectivity index (χ1) is 10.8. The van der Waals surface area contributed by atoms with E-state index in [0.29, 0.717) is 12.6 Å². The molecule has 1 amide bonds. The molecule has 0 aromatic heterocycles. The number of fused-ring (bicyclic) bond motifs is 1. The zero-order valence-electron chi connectivity index (χ0n) is 13.3. The molecule has 22 heavy (non-hydrogen) atoms. The fraction of sp³-hybridized carbons (Fsp3) is 0.611. The second kappa shape index (κ2) is 7.25. The van der Waals surface area contributed by atoms with Gasteiger partial charge in [-0.15, -0.1) is 0 Å². The van der Waals surface area contributed by atoms with Crippen molar-refractivity contribution in [2.75, 3.05) is 26.2 Å². The molecule has 2 aliphatic heterocycles. The Balaban J connectivity index is 1.51. The van der Waals surface area contributed by atoms with Gasteiger partial charge in [-0.1, -0.05) is 37.3 Å². The molecule has 4 nitrogen and oxygen atoms in total. The van der Waals surface area contributed by atoms with E-state index in [1.54, 1.807) is 0 Å². The lowest BCUT2D eigenvalue weighted by atomic mass is 9.95. The topological polar surface area (TPSA) is 41.6 Å². The number of nitrogens with zero attached hydrogens (tertiary/aromatic N) is 1. The van der Waals surface area contributed by atoms with Crippen molar-refractivity contribution < 1.29 is 9.53 Å². The lowest BCUT2D eigenvalue weighted by Crippen LogP contribution is -2.50. The highest BCUT2D eigenvalue weighted by molar-refractivity contribution is 5.83. The van der Waals surface area contributed by atoms with Crippen LogP contribution in [0, 0.1) is 0 Å². The smallest absolute Gasteiger partial charge is 0.227 e. The van der Waals surface area contributed by atoms with Gasteiger partial charge in [0, 0.05) is 19.1 Å². The normalized spacial score (nSPS) is 26.4. The summed E-state index contributed by atoms with van der Waals surface area (Å²) in [6.45, 7) is 5.62. The molecule has 2 fully saturated rings. The minimum absolute atomic E-state index is 0.0654. The zero-order chi connectivity index (χ0) is 15.4. The van der Waals surface area contributed by atoms with Crippen molar-refractivity contribution in [2.45, 2.75) is 44.2 Å². The monoisotopic (exact) mass is 302 g/mol. The Morgan fingerprint density at radius 3 is 3.00 bits per heavy atom. The Labute approximate surface area is 132 Å². The molecule has 1 aromatic carbocycles. The van der Waals surface area contributed by atoms with Crippen LogP contribution in [0.25, 0.3) is 0 Å². The molecular weight excluding hydrogens is 276 g/mol. The van der Waals surface area contributed by atoms with Crippen LogP contribution in [0.5, 0.6) is 0 Å². The molecule has 0 aliphatic carbocycles. The molecule has 4 heteroatoms. The average Bonchev–Trinajstić information content (AvgIpc) is 3.02. The number of rotatable bonds is 5. The summed E-state index contributed by atoms with van der Waals surface area (Å²) < 4.78 is 5.90. The fourth-order valence-corrected chi connectivity index (χ4v) is 3.60. The van der Waals surface area contributed by atoms with E-state index in [-0.39, 0.29) is 17.9 Å². The summed E-state index contributed by atoms with van der Waals surface area (Å²) >= 11 is 0. The lowest BCUT2D eigenvalue weighted by molar-refractivity contribution is -0.124. The summed E-state index contributed by atoms with van der Waals surface area (Å²) in [6.07, 6.45) is 3.48. The molecule has 0 radical (unpaired) electrons. The predicted octanol–water partition coefficient (Wildman–Crippen LogP) is 2.16. The van der Waals surface area contributed by atoms with E-state index < -0.39 is 0 Å². The van der Waals surface area contributed by atoms with Crippen molar-refractivity contribution in [1.82, 2.24) is 10.2 Å². The molecule has 0 saturated carbocycles. The maximum atomic E-state index is 12.5. The Hall–Kier alpha value is -1.39. The zero-order valence-corrected chi connectivity index (χ0v) is 13.3. The molecule has 2 aliphatic rings. The van der Waals surface area contributed by atoms with Gasteiger partial charge in [0.15, 0.2) is 0 Å². The van der Waals surface area contributed by atoms with Gasteiger partial charge in [-0.25, -0.2) is 0 Å². The molecule has 0 bridgehead atoms. The first-order valence-corrected chi connectivity index (χ1v) is 8.46. The van der Waals surface area contributed by atoms with E-state index in [9.17, 15) is 4.79 Å². The largest absolute Gasteiger partial charge is 0.373 e. The number of nitrogens with one attached hydrogen (secondary N) is 1. The molecule has 120 valence electrons. The quantitative estimate of drug-likeness (QED) is 0.906. The van der Waals surface area contributed by atoms with Crippen LogP contribution in [0.3, 0.4) is 0 Å². The molecule has 1 aromatic rings. The summed E-state index contributed by atoms with van der Waals surface area (Å²) in [7, 11) is 0. The Kier molecular flexibility index (Phi) is 5.11. The summed E-state index contributed by atoms with van der Waals surface area (Å²) in [5.74, 6) is 0.0465. The van der Waals surface area contributed by atoms with Crippen molar-refractivity contribution in [3.8, 4) is 0 Å². The Morgan fingerprint density at radius 2 is 2.23 bits per heavy atom. The standard InChI is InChI=1S/C18H26N2O2/c1-2-17(14-7-4-3-5-8-14)18(21)19-11-16-12-20-10-6-9-15(20)13-22-16/h3-5,7-8,15-17H,2,6,9-13H2,1H3,(H,19,21). The van der Waals surface area contributed by atoms with Crippen molar-refractivity contribution >= 4 is 5.91 Å². The number of hydrogen-bond acceptors (Lipinski definition) is 3. The highest BCUT2D eigenvalue weighted by atomic mass is 16.5. The maximum absolute atomic E-state index is 12.5. The van der Waals surface area contributed by atoms with Gasteiger partial charge in [0.25, 0.3) is 0 Å². The van der Waals surface area contributed by atoms with Crippen LogP contribution in [-0.2, 0) is 9.53 Å².